The van der Waals surface area contributed by atoms with E-state index in [-0.39, 0.29) is 19.1 Å². The highest BCUT2D eigenvalue weighted by Crippen LogP contribution is 2.08. The van der Waals surface area contributed by atoms with Gasteiger partial charge in [0, 0.05) is 12.1 Å². The van der Waals surface area contributed by atoms with Crippen molar-refractivity contribution in [3.05, 3.63) is 66.2 Å². The number of aliphatic hydroxyl groups is 1. The molecule has 2 aromatic rings. The van der Waals surface area contributed by atoms with Gasteiger partial charge in [0.05, 0.1) is 0 Å². The van der Waals surface area contributed by atoms with Crippen molar-refractivity contribution in [3.63, 3.8) is 0 Å². The van der Waals surface area contributed by atoms with E-state index in [1.54, 1.807) is 24.3 Å². The number of amides is 1. The van der Waals surface area contributed by atoms with Crippen LogP contribution in [-0.2, 0) is 0 Å². The molecule has 1 amide bonds. The zero-order valence-electron chi connectivity index (χ0n) is 11.5. The molecule has 0 saturated heterocycles. The molecular weight excluding hydrogens is 268 g/mol. The number of rotatable bonds is 7. The molecule has 0 fully saturated rings. The number of hydrazine groups is 1. The van der Waals surface area contributed by atoms with Gasteiger partial charge in [-0.15, -0.1) is 0 Å². The molecule has 0 aliphatic carbocycles. The Morgan fingerprint density at radius 1 is 1.05 bits per heavy atom. The number of benzene rings is 2. The third-order valence-electron chi connectivity index (χ3n) is 2.76. The summed E-state index contributed by atoms with van der Waals surface area (Å²) in [5.74, 6) is 0.455. The van der Waals surface area contributed by atoms with Crippen molar-refractivity contribution in [2.45, 2.75) is 6.10 Å². The summed E-state index contributed by atoms with van der Waals surface area (Å²) in [6, 6.07) is 18.1. The number of aliphatic hydroxyl groups excluding tert-OH is 1. The third-order valence-corrected chi connectivity index (χ3v) is 2.76. The smallest absolute Gasteiger partial charge is 0.265 e. The number of hydrogen-bond acceptors (Lipinski definition) is 4. The summed E-state index contributed by atoms with van der Waals surface area (Å²) in [6.45, 7) is 0.351. The molecule has 0 radical (unpaired) electrons. The Kier molecular flexibility index (Phi) is 5.75. The van der Waals surface area contributed by atoms with E-state index in [0.717, 1.165) is 0 Å². The normalized spacial score (nSPS) is 11.7. The van der Waals surface area contributed by atoms with Crippen molar-refractivity contribution in [1.82, 2.24) is 10.9 Å². The summed E-state index contributed by atoms with van der Waals surface area (Å²) in [4.78, 5) is 11.7. The SMILES string of the molecule is O=C(NNC[C@H](O)COc1ccccc1)c1ccccc1. The van der Waals surface area contributed by atoms with E-state index < -0.39 is 6.10 Å². The first-order chi connectivity index (χ1) is 10.3. The Labute approximate surface area is 123 Å². The van der Waals surface area contributed by atoms with E-state index in [1.807, 2.05) is 36.4 Å². The summed E-state index contributed by atoms with van der Waals surface area (Å²) in [5.41, 5.74) is 5.77. The van der Waals surface area contributed by atoms with Gasteiger partial charge in [-0.25, -0.2) is 5.43 Å². The zero-order chi connectivity index (χ0) is 14.9. The first kappa shape index (κ1) is 15.0. The molecule has 5 heteroatoms. The molecule has 3 N–H and O–H groups in total. The van der Waals surface area contributed by atoms with E-state index in [1.165, 1.54) is 0 Å². The van der Waals surface area contributed by atoms with E-state index in [0.29, 0.717) is 11.3 Å². The Balaban J connectivity index is 1.65. The van der Waals surface area contributed by atoms with Gasteiger partial charge in [-0.05, 0) is 24.3 Å². The highest BCUT2D eigenvalue weighted by molar-refractivity contribution is 5.93. The van der Waals surface area contributed by atoms with Crippen molar-refractivity contribution in [1.29, 1.82) is 0 Å². The molecule has 0 spiro atoms. The molecule has 21 heavy (non-hydrogen) atoms. The lowest BCUT2D eigenvalue weighted by molar-refractivity contribution is 0.0866. The van der Waals surface area contributed by atoms with E-state index >= 15 is 0 Å². The molecule has 0 unspecified atom stereocenters. The quantitative estimate of drug-likeness (QED) is 0.672. The maximum Gasteiger partial charge on any atom is 0.265 e. The minimum absolute atomic E-state index is 0.151. The van der Waals surface area contributed by atoms with Gasteiger partial charge in [-0.1, -0.05) is 36.4 Å². The van der Waals surface area contributed by atoms with Gasteiger partial charge >= 0.3 is 0 Å². The summed E-state index contributed by atoms with van der Waals surface area (Å²) < 4.78 is 5.41. The summed E-state index contributed by atoms with van der Waals surface area (Å²) in [7, 11) is 0. The van der Waals surface area contributed by atoms with Crippen LogP contribution in [0, 0.1) is 0 Å². The summed E-state index contributed by atoms with van der Waals surface area (Å²) >= 11 is 0. The zero-order valence-corrected chi connectivity index (χ0v) is 11.5. The van der Waals surface area contributed by atoms with Gasteiger partial charge in [0.15, 0.2) is 0 Å². The van der Waals surface area contributed by atoms with Crippen LogP contribution < -0.4 is 15.6 Å². The second-order valence-corrected chi connectivity index (χ2v) is 4.48. The fourth-order valence-corrected chi connectivity index (χ4v) is 1.68. The fraction of sp³-hybridized carbons (Fsp3) is 0.188. The Morgan fingerprint density at radius 2 is 1.67 bits per heavy atom. The van der Waals surface area contributed by atoms with E-state index in [2.05, 4.69) is 10.9 Å². The number of para-hydroxylation sites is 1. The lowest BCUT2D eigenvalue weighted by Crippen LogP contribution is -2.43. The molecule has 2 rings (SSSR count). The first-order valence-corrected chi connectivity index (χ1v) is 6.70. The predicted molar refractivity (Wildman–Crippen MR) is 79.9 cm³/mol. The topological polar surface area (TPSA) is 70.6 Å². The Morgan fingerprint density at radius 3 is 2.33 bits per heavy atom. The van der Waals surface area contributed by atoms with Crippen molar-refractivity contribution < 1.29 is 14.6 Å². The maximum absolute atomic E-state index is 11.7. The van der Waals surface area contributed by atoms with Crippen molar-refractivity contribution in [2.75, 3.05) is 13.2 Å². The van der Waals surface area contributed by atoms with Crippen LogP contribution in [0.3, 0.4) is 0 Å². The van der Waals surface area contributed by atoms with Gasteiger partial charge in [-0.3, -0.25) is 10.2 Å². The van der Waals surface area contributed by atoms with Crippen molar-refractivity contribution in [3.8, 4) is 5.75 Å². The average Bonchev–Trinajstić information content (AvgIpc) is 2.54. The van der Waals surface area contributed by atoms with Gasteiger partial charge in [0.1, 0.15) is 18.5 Å². The minimum Gasteiger partial charge on any atom is -0.491 e. The second-order valence-electron chi connectivity index (χ2n) is 4.48. The predicted octanol–water partition coefficient (Wildman–Crippen LogP) is 1.36. The highest BCUT2D eigenvalue weighted by Gasteiger charge is 2.07. The molecule has 2 aromatic carbocycles. The standard InChI is InChI=1S/C16H18N2O3/c19-14(12-21-15-9-5-2-6-10-15)11-17-18-16(20)13-7-3-1-4-8-13/h1-10,14,17,19H,11-12H2,(H,18,20)/t14-/m0/s1. The summed E-state index contributed by atoms with van der Waals surface area (Å²) in [6.07, 6.45) is -0.721. The number of nitrogens with one attached hydrogen (secondary N) is 2. The Bertz CT molecular complexity index is 546. The van der Waals surface area contributed by atoms with Crippen molar-refractivity contribution >= 4 is 5.91 Å². The van der Waals surface area contributed by atoms with Crippen LogP contribution in [0.5, 0.6) is 5.75 Å². The first-order valence-electron chi connectivity index (χ1n) is 6.70. The molecular formula is C16H18N2O3. The largest absolute Gasteiger partial charge is 0.491 e. The van der Waals surface area contributed by atoms with Crippen LogP contribution in [0.15, 0.2) is 60.7 Å². The number of carbonyl (C=O) groups is 1. The van der Waals surface area contributed by atoms with Crippen LogP contribution in [0.4, 0.5) is 0 Å². The molecule has 0 aliphatic heterocycles. The van der Waals surface area contributed by atoms with Crippen LogP contribution in [-0.4, -0.2) is 30.3 Å². The van der Waals surface area contributed by atoms with Crippen LogP contribution >= 0.6 is 0 Å². The van der Waals surface area contributed by atoms with Gasteiger partial charge < -0.3 is 9.84 Å². The fourth-order valence-electron chi connectivity index (χ4n) is 1.68. The van der Waals surface area contributed by atoms with Crippen LogP contribution in [0.25, 0.3) is 0 Å². The Hall–Kier alpha value is -2.37. The lowest BCUT2D eigenvalue weighted by Gasteiger charge is -2.13. The number of carbonyl (C=O) groups excluding carboxylic acids is 1. The summed E-state index contributed by atoms with van der Waals surface area (Å²) in [5, 5.41) is 9.76. The van der Waals surface area contributed by atoms with Crippen molar-refractivity contribution in [2.24, 2.45) is 0 Å². The van der Waals surface area contributed by atoms with Gasteiger partial charge in [-0.2, -0.15) is 0 Å². The third kappa shape index (κ3) is 5.25. The van der Waals surface area contributed by atoms with Gasteiger partial charge in [0.2, 0.25) is 0 Å². The molecule has 0 aliphatic rings. The molecule has 1 atom stereocenters. The lowest BCUT2D eigenvalue weighted by atomic mass is 10.2. The van der Waals surface area contributed by atoms with E-state index in [9.17, 15) is 9.90 Å². The van der Waals surface area contributed by atoms with Crippen LogP contribution in [0.2, 0.25) is 0 Å². The molecule has 5 nitrogen and oxygen atoms in total. The second kappa shape index (κ2) is 8.04. The maximum atomic E-state index is 11.7. The number of hydrogen-bond donors (Lipinski definition) is 3. The molecule has 0 bridgehead atoms. The monoisotopic (exact) mass is 286 g/mol. The molecule has 0 saturated carbocycles. The van der Waals surface area contributed by atoms with Gasteiger partial charge in [0.25, 0.3) is 5.91 Å². The number of ether oxygens (including phenoxy) is 1. The highest BCUT2D eigenvalue weighted by atomic mass is 16.5. The van der Waals surface area contributed by atoms with Crippen LogP contribution in [0.1, 0.15) is 10.4 Å². The average molecular weight is 286 g/mol. The van der Waals surface area contributed by atoms with E-state index in [4.69, 9.17) is 4.74 Å². The molecule has 110 valence electrons. The molecule has 0 aromatic heterocycles. The molecule has 0 heterocycles. The minimum atomic E-state index is -0.721.